The van der Waals surface area contributed by atoms with Gasteiger partial charge in [0.1, 0.15) is 0 Å². The molecule has 1 aromatic carbocycles. The Morgan fingerprint density at radius 1 is 1.25 bits per heavy atom. The van der Waals surface area contributed by atoms with Crippen molar-refractivity contribution in [3.05, 3.63) is 29.8 Å². The molecule has 112 valence electrons. The molecule has 0 aromatic heterocycles. The predicted octanol–water partition coefficient (Wildman–Crippen LogP) is 3.72. The highest BCUT2D eigenvalue weighted by Gasteiger charge is 2.20. The van der Waals surface area contributed by atoms with E-state index >= 15 is 0 Å². The van der Waals surface area contributed by atoms with Gasteiger partial charge in [-0.3, -0.25) is 0 Å². The monoisotopic (exact) mass is 295 g/mol. The van der Waals surface area contributed by atoms with Crippen LogP contribution in [0.3, 0.4) is 0 Å². The zero-order valence-electron chi connectivity index (χ0n) is 12.4. The number of nitrogens with one attached hydrogen (secondary N) is 1. The van der Waals surface area contributed by atoms with E-state index in [1.54, 1.807) is 0 Å². The fourth-order valence-corrected chi connectivity index (χ4v) is 4.42. The molecule has 4 heteroatoms. The highest BCUT2D eigenvalue weighted by atomic mass is 32.2. The predicted molar refractivity (Wildman–Crippen MR) is 82.5 cm³/mol. The highest BCUT2D eigenvalue weighted by Crippen LogP contribution is 2.22. The van der Waals surface area contributed by atoms with Gasteiger partial charge in [0.15, 0.2) is 0 Å². The Kier molecular flexibility index (Phi) is 5.22. The molecule has 20 heavy (non-hydrogen) atoms. The Morgan fingerprint density at radius 3 is 2.40 bits per heavy atom. The maximum absolute atomic E-state index is 12.6. The molecule has 0 radical (unpaired) electrons. The standard InChI is InChI=1S/C16H25NO2S/c1-13(2)11-14-3-5-16(6-4-14)20(17,18)12-15-7-9-19-10-8-15/h3-6,13,15,17H,7-12H2,1-2H3. The summed E-state index contributed by atoms with van der Waals surface area (Å²) >= 11 is 0. The molecule has 3 nitrogen and oxygen atoms in total. The van der Waals surface area contributed by atoms with E-state index in [1.165, 1.54) is 5.56 Å². The van der Waals surface area contributed by atoms with Crippen molar-refractivity contribution in [2.24, 2.45) is 11.8 Å². The van der Waals surface area contributed by atoms with Crippen LogP contribution in [0.5, 0.6) is 0 Å². The fraction of sp³-hybridized carbons (Fsp3) is 0.625. The summed E-state index contributed by atoms with van der Waals surface area (Å²) in [5.74, 6) is 1.45. The second-order valence-corrected chi connectivity index (χ2v) is 8.29. The molecule has 2 rings (SSSR count). The van der Waals surface area contributed by atoms with Crippen molar-refractivity contribution in [1.82, 2.24) is 0 Å². The van der Waals surface area contributed by atoms with Gasteiger partial charge >= 0.3 is 0 Å². The molecule has 1 aliphatic heterocycles. The lowest BCUT2D eigenvalue weighted by Crippen LogP contribution is -2.23. The van der Waals surface area contributed by atoms with Gasteiger partial charge in [0.05, 0.1) is 9.73 Å². The maximum Gasteiger partial charge on any atom is 0.0728 e. The summed E-state index contributed by atoms with van der Waals surface area (Å²) in [6.45, 7) is 5.86. The van der Waals surface area contributed by atoms with Crippen molar-refractivity contribution in [2.45, 2.75) is 38.0 Å². The third-order valence-corrected chi connectivity index (χ3v) is 5.73. The van der Waals surface area contributed by atoms with Gasteiger partial charge in [0.25, 0.3) is 0 Å². The van der Waals surface area contributed by atoms with Gasteiger partial charge in [-0.25, -0.2) is 8.99 Å². The summed E-state index contributed by atoms with van der Waals surface area (Å²) < 4.78 is 26.1. The summed E-state index contributed by atoms with van der Waals surface area (Å²) in [5, 5.41) is 0. The molecule has 1 saturated heterocycles. The third kappa shape index (κ3) is 4.32. The second-order valence-electron chi connectivity index (χ2n) is 6.14. The van der Waals surface area contributed by atoms with Crippen LogP contribution in [-0.4, -0.2) is 23.2 Å². The van der Waals surface area contributed by atoms with Crippen LogP contribution in [0.1, 0.15) is 32.3 Å². The molecular weight excluding hydrogens is 270 g/mol. The van der Waals surface area contributed by atoms with Crippen LogP contribution in [0.4, 0.5) is 0 Å². The molecule has 0 saturated carbocycles. The van der Waals surface area contributed by atoms with Crippen molar-refractivity contribution in [3.63, 3.8) is 0 Å². The molecule has 0 amide bonds. The fourth-order valence-electron chi connectivity index (χ4n) is 2.66. The maximum atomic E-state index is 12.6. The average Bonchev–Trinajstić information content (AvgIpc) is 2.39. The second kappa shape index (κ2) is 6.72. The van der Waals surface area contributed by atoms with Crippen molar-refractivity contribution >= 4 is 9.73 Å². The van der Waals surface area contributed by atoms with Crippen LogP contribution >= 0.6 is 0 Å². The first-order valence-corrected chi connectivity index (χ1v) is 9.13. The smallest absolute Gasteiger partial charge is 0.0728 e. The van der Waals surface area contributed by atoms with Crippen LogP contribution < -0.4 is 0 Å². The molecule has 1 atom stereocenters. The van der Waals surface area contributed by atoms with E-state index in [-0.39, 0.29) is 0 Å². The lowest BCUT2D eigenvalue weighted by atomic mass is 10.0. The van der Waals surface area contributed by atoms with Gasteiger partial charge < -0.3 is 4.74 Å². The van der Waals surface area contributed by atoms with E-state index in [4.69, 9.17) is 9.52 Å². The van der Waals surface area contributed by atoms with Crippen LogP contribution in [0.15, 0.2) is 29.2 Å². The number of hydrogen-bond donors (Lipinski definition) is 1. The normalized spacial score (nSPS) is 19.9. The molecule has 1 fully saturated rings. The zero-order chi connectivity index (χ0) is 14.6. The highest BCUT2D eigenvalue weighted by molar-refractivity contribution is 7.92. The minimum atomic E-state index is -2.66. The first kappa shape index (κ1) is 15.5. The summed E-state index contributed by atoms with van der Waals surface area (Å²) in [5.41, 5.74) is 1.25. The van der Waals surface area contributed by atoms with E-state index in [2.05, 4.69) is 13.8 Å². The Labute approximate surface area is 122 Å². The van der Waals surface area contributed by atoms with Gasteiger partial charge in [-0.15, -0.1) is 0 Å². The van der Waals surface area contributed by atoms with Crippen LogP contribution in [0.25, 0.3) is 0 Å². The average molecular weight is 295 g/mol. The molecule has 1 aliphatic rings. The number of hydrogen-bond acceptors (Lipinski definition) is 3. The molecule has 0 spiro atoms. The topological polar surface area (TPSA) is 50.2 Å². The largest absolute Gasteiger partial charge is 0.381 e. The molecular formula is C16H25NO2S. The van der Waals surface area contributed by atoms with Gasteiger partial charge in [-0.2, -0.15) is 0 Å². The van der Waals surface area contributed by atoms with E-state index in [0.717, 1.165) is 32.5 Å². The first-order valence-electron chi connectivity index (χ1n) is 7.40. The zero-order valence-corrected chi connectivity index (χ0v) is 13.2. The van der Waals surface area contributed by atoms with Crippen LogP contribution in [0, 0.1) is 16.6 Å². The number of rotatable bonds is 5. The van der Waals surface area contributed by atoms with Crippen LogP contribution in [0.2, 0.25) is 0 Å². The van der Waals surface area contributed by atoms with Crippen molar-refractivity contribution in [2.75, 3.05) is 19.0 Å². The summed E-state index contributed by atoms with van der Waals surface area (Å²) in [4.78, 5) is 0.677. The number of benzene rings is 1. The molecule has 1 unspecified atom stereocenters. The van der Waals surface area contributed by atoms with Gasteiger partial charge in [0, 0.05) is 23.9 Å². The van der Waals surface area contributed by atoms with Gasteiger partial charge in [-0.05, 0) is 48.8 Å². The molecule has 1 heterocycles. The van der Waals surface area contributed by atoms with E-state index < -0.39 is 9.73 Å². The van der Waals surface area contributed by atoms with Crippen molar-refractivity contribution in [1.29, 1.82) is 4.78 Å². The lowest BCUT2D eigenvalue weighted by Gasteiger charge is -2.23. The van der Waals surface area contributed by atoms with Crippen LogP contribution in [-0.2, 0) is 20.9 Å². The number of ether oxygens (including phenoxy) is 1. The Bertz CT molecular complexity index is 514. The van der Waals surface area contributed by atoms with E-state index in [9.17, 15) is 4.21 Å². The molecule has 0 aliphatic carbocycles. The van der Waals surface area contributed by atoms with Crippen molar-refractivity contribution < 1.29 is 8.95 Å². The summed E-state index contributed by atoms with van der Waals surface area (Å²) in [6.07, 6.45) is 2.89. The molecule has 1 aromatic rings. The first-order chi connectivity index (χ1) is 9.47. The quantitative estimate of drug-likeness (QED) is 0.900. The Hall–Kier alpha value is -0.870. The molecule has 0 bridgehead atoms. The minimum absolute atomic E-state index is 0.365. The lowest BCUT2D eigenvalue weighted by molar-refractivity contribution is 0.0725. The molecule has 1 N–H and O–H groups in total. The van der Waals surface area contributed by atoms with E-state index in [0.29, 0.717) is 22.5 Å². The van der Waals surface area contributed by atoms with Gasteiger partial charge in [0.2, 0.25) is 0 Å². The van der Waals surface area contributed by atoms with Crippen molar-refractivity contribution in [3.8, 4) is 0 Å². The Morgan fingerprint density at radius 2 is 1.85 bits per heavy atom. The third-order valence-electron chi connectivity index (χ3n) is 3.76. The SMILES string of the molecule is CC(C)Cc1ccc(S(=N)(=O)CC2CCOCC2)cc1. The summed E-state index contributed by atoms with van der Waals surface area (Å²) in [7, 11) is -2.66. The van der Waals surface area contributed by atoms with Gasteiger partial charge in [-0.1, -0.05) is 26.0 Å². The Balaban J connectivity index is 2.04. The minimum Gasteiger partial charge on any atom is -0.381 e. The summed E-state index contributed by atoms with van der Waals surface area (Å²) in [6, 6.07) is 7.81. The van der Waals surface area contributed by atoms with E-state index in [1.807, 2.05) is 24.3 Å².